The van der Waals surface area contributed by atoms with Gasteiger partial charge in [-0.1, -0.05) is 0 Å². The van der Waals surface area contributed by atoms with E-state index in [2.05, 4.69) is 15.3 Å². The van der Waals surface area contributed by atoms with Crippen LogP contribution < -0.4 is 11.1 Å². The smallest absolute Gasteiger partial charge is 0.237 e. The number of nitrogens with one attached hydrogen (secondary N) is 1. The zero-order chi connectivity index (χ0) is 12.3. The molecule has 0 spiro atoms. The molecule has 1 aromatic heterocycles. The van der Waals surface area contributed by atoms with Gasteiger partial charge in [-0.3, -0.25) is 20.1 Å². The van der Waals surface area contributed by atoms with Crippen molar-refractivity contribution < 1.29 is 4.79 Å². The number of aromatic nitrogens is 2. The molecule has 5 heteroatoms. The van der Waals surface area contributed by atoms with Crippen LogP contribution in [0.2, 0.25) is 0 Å². The van der Waals surface area contributed by atoms with E-state index in [1.54, 1.807) is 26.2 Å². The summed E-state index contributed by atoms with van der Waals surface area (Å²) in [7, 11) is 0. The van der Waals surface area contributed by atoms with Crippen LogP contribution in [0.25, 0.3) is 0 Å². The highest BCUT2D eigenvalue weighted by Crippen LogP contribution is 2.15. The van der Waals surface area contributed by atoms with Gasteiger partial charge in [-0.05, 0) is 27.7 Å². The lowest BCUT2D eigenvalue weighted by molar-refractivity contribution is -0.123. The first-order chi connectivity index (χ1) is 7.34. The number of rotatable bonds is 4. The van der Waals surface area contributed by atoms with Crippen molar-refractivity contribution in [3.8, 4) is 0 Å². The van der Waals surface area contributed by atoms with Gasteiger partial charge in [0.2, 0.25) is 5.91 Å². The molecule has 0 aliphatic carbocycles. The van der Waals surface area contributed by atoms with Crippen molar-refractivity contribution in [3.63, 3.8) is 0 Å². The van der Waals surface area contributed by atoms with Crippen LogP contribution in [0.15, 0.2) is 12.4 Å². The van der Waals surface area contributed by atoms with Gasteiger partial charge in [-0.15, -0.1) is 0 Å². The molecule has 0 aromatic carbocycles. The number of hydrogen-bond donors (Lipinski definition) is 2. The highest BCUT2D eigenvalue weighted by Gasteiger charge is 2.27. The minimum absolute atomic E-state index is 0.0730. The number of carbonyl (C=O) groups is 1. The number of hydrogen-bond acceptors (Lipinski definition) is 4. The summed E-state index contributed by atoms with van der Waals surface area (Å²) in [6.45, 7) is 7.31. The maximum atomic E-state index is 11.2. The predicted octanol–water partition coefficient (Wildman–Crippen LogP) is 0.700. The summed E-state index contributed by atoms with van der Waals surface area (Å²) in [5.41, 5.74) is 6.22. The highest BCUT2D eigenvalue weighted by molar-refractivity contribution is 5.83. The van der Waals surface area contributed by atoms with Crippen LogP contribution >= 0.6 is 0 Å². The third-order valence-electron chi connectivity index (χ3n) is 2.52. The number of amides is 1. The van der Waals surface area contributed by atoms with Gasteiger partial charge in [0.05, 0.1) is 16.9 Å². The molecular weight excluding hydrogens is 204 g/mol. The van der Waals surface area contributed by atoms with Gasteiger partial charge in [-0.25, -0.2) is 0 Å². The summed E-state index contributed by atoms with van der Waals surface area (Å²) in [5.74, 6) is -0.388. The molecule has 0 aliphatic rings. The Morgan fingerprint density at radius 3 is 2.50 bits per heavy atom. The summed E-state index contributed by atoms with van der Waals surface area (Å²) in [5, 5.41) is 3.14. The zero-order valence-corrected chi connectivity index (χ0v) is 10.1. The van der Waals surface area contributed by atoms with E-state index in [0.29, 0.717) is 0 Å². The molecule has 0 aliphatic heterocycles. The van der Waals surface area contributed by atoms with Gasteiger partial charge in [0.1, 0.15) is 0 Å². The maximum Gasteiger partial charge on any atom is 0.237 e. The van der Waals surface area contributed by atoms with Crippen LogP contribution in [0.1, 0.15) is 38.2 Å². The molecule has 88 valence electrons. The van der Waals surface area contributed by atoms with Gasteiger partial charge in [0.15, 0.2) is 0 Å². The molecule has 0 radical (unpaired) electrons. The summed E-state index contributed by atoms with van der Waals surface area (Å²) >= 11 is 0. The van der Waals surface area contributed by atoms with Crippen molar-refractivity contribution in [2.24, 2.45) is 5.73 Å². The first-order valence-corrected chi connectivity index (χ1v) is 5.19. The van der Waals surface area contributed by atoms with Crippen molar-refractivity contribution >= 4 is 5.91 Å². The molecule has 0 bridgehead atoms. The third kappa shape index (κ3) is 2.76. The number of aryl methyl sites for hydroxylation is 1. The van der Waals surface area contributed by atoms with E-state index in [4.69, 9.17) is 5.73 Å². The average Bonchev–Trinajstić information content (AvgIpc) is 2.17. The third-order valence-corrected chi connectivity index (χ3v) is 2.52. The van der Waals surface area contributed by atoms with Crippen LogP contribution in [0.3, 0.4) is 0 Å². The SMILES string of the molecule is Cc1nccnc1C(C)NC(C)(C)C(N)=O. The minimum atomic E-state index is -0.761. The second kappa shape index (κ2) is 4.57. The summed E-state index contributed by atoms with van der Waals surface area (Å²) in [6.07, 6.45) is 3.28. The summed E-state index contributed by atoms with van der Waals surface area (Å²) < 4.78 is 0. The standard InChI is InChI=1S/C11H18N4O/c1-7-9(14-6-5-13-7)8(2)15-11(3,4)10(12)16/h5-6,8,15H,1-4H3,(H2,12,16). The molecule has 1 atom stereocenters. The number of carbonyl (C=O) groups excluding carboxylic acids is 1. The second-order valence-electron chi connectivity index (χ2n) is 4.38. The molecule has 0 fully saturated rings. The van der Waals surface area contributed by atoms with Crippen molar-refractivity contribution in [1.29, 1.82) is 0 Å². The summed E-state index contributed by atoms with van der Waals surface area (Å²) in [6, 6.07) is -0.0730. The molecule has 1 rings (SSSR count). The average molecular weight is 222 g/mol. The number of nitrogens with two attached hydrogens (primary N) is 1. The Kier molecular flexibility index (Phi) is 3.59. The van der Waals surface area contributed by atoms with E-state index in [-0.39, 0.29) is 11.9 Å². The van der Waals surface area contributed by atoms with Crippen molar-refractivity contribution in [3.05, 3.63) is 23.8 Å². The number of primary amides is 1. The van der Waals surface area contributed by atoms with Crippen molar-refractivity contribution in [1.82, 2.24) is 15.3 Å². The topological polar surface area (TPSA) is 80.9 Å². The van der Waals surface area contributed by atoms with Crippen LogP contribution in [-0.4, -0.2) is 21.4 Å². The molecular formula is C11H18N4O. The normalized spacial score (nSPS) is 13.5. The van der Waals surface area contributed by atoms with Gasteiger partial charge in [0, 0.05) is 18.4 Å². The van der Waals surface area contributed by atoms with E-state index < -0.39 is 5.54 Å². The van der Waals surface area contributed by atoms with E-state index in [1.165, 1.54) is 0 Å². The monoisotopic (exact) mass is 222 g/mol. The Hall–Kier alpha value is -1.49. The lowest BCUT2D eigenvalue weighted by Crippen LogP contribution is -2.51. The molecule has 1 amide bonds. The molecule has 16 heavy (non-hydrogen) atoms. The largest absolute Gasteiger partial charge is 0.368 e. The predicted molar refractivity (Wildman–Crippen MR) is 61.6 cm³/mol. The van der Waals surface area contributed by atoms with Crippen LogP contribution in [0.4, 0.5) is 0 Å². The molecule has 1 aromatic rings. The molecule has 0 saturated heterocycles. The summed E-state index contributed by atoms with van der Waals surface area (Å²) in [4.78, 5) is 19.6. The van der Waals surface area contributed by atoms with E-state index >= 15 is 0 Å². The Bertz CT molecular complexity index is 389. The fourth-order valence-electron chi connectivity index (χ4n) is 1.52. The van der Waals surface area contributed by atoms with Gasteiger partial charge in [0.25, 0.3) is 0 Å². The van der Waals surface area contributed by atoms with Gasteiger partial charge in [-0.2, -0.15) is 0 Å². The quantitative estimate of drug-likeness (QED) is 0.785. The van der Waals surface area contributed by atoms with E-state index in [9.17, 15) is 4.79 Å². The lowest BCUT2D eigenvalue weighted by atomic mass is 10.0. The molecule has 3 N–H and O–H groups in total. The second-order valence-corrected chi connectivity index (χ2v) is 4.38. The minimum Gasteiger partial charge on any atom is -0.368 e. The number of nitrogens with zero attached hydrogens (tertiary/aromatic N) is 2. The zero-order valence-electron chi connectivity index (χ0n) is 10.1. The molecule has 1 heterocycles. The fraction of sp³-hybridized carbons (Fsp3) is 0.545. The van der Waals surface area contributed by atoms with Crippen molar-refractivity contribution in [2.45, 2.75) is 39.3 Å². The highest BCUT2D eigenvalue weighted by atomic mass is 16.1. The first kappa shape index (κ1) is 12.6. The first-order valence-electron chi connectivity index (χ1n) is 5.19. The Balaban J connectivity index is 2.85. The lowest BCUT2D eigenvalue weighted by Gasteiger charge is -2.27. The van der Waals surface area contributed by atoms with Gasteiger partial charge < -0.3 is 5.73 Å². The van der Waals surface area contributed by atoms with Crippen LogP contribution in [-0.2, 0) is 4.79 Å². The Morgan fingerprint density at radius 2 is 2.00 bits per heavy atom. The Labute approximate surface area is 95.5 Å². The van der Waals surface area contributed by atoms with Crippen LogP contribution in [0, 0.1) is 6.92 Å². The van der Waals surface area contributed by atoms with Crippen molar-refractivity contribution in [2.75, 3.05) is 0 Å². The van der Waals surface area contributed by atoms with Gasteiger partial charge >= 0.3 is 0 Å². The van der Waals surface area contributed by atoms with Crippen LogP contribution in [0.5, 0.6) is 0 Å². The Morgan fingerprint density at radius 1 is 1.44 bits per heavy atom. The molecule has 0 saturated carbocycles. The van der Waals surface area contributed by atoms with E-state index in [1.807, 2.05) is 13.8 Å². The van der Waals surface area contributed by atoms with E-state index in [0.717, 1.165) is 11.4 Å². The fourth-order valence-corrected chi connectivity index (χ4v) is 1.52. The molecule has 1 unspecified atom stereocenters. The maximum absolute atomic E-state index is 11.2. The molecule has 5 nitrogen and oxygen atoms in total.